The van der Waals surface area contributed by atoms with Gasteiger partial charge in [-0.1, -0.05) is 35.3 Å². The smallest absolute Gasteiger partial charge is 0.261 e. The van der Waals surface area contributed by atoms with E-state index < -0.39 is 6.04 Å². The number of nitrogens with zero attached hydrogens (tertiary/aromatic N) is 5. The van der Waals surface area contributed by atoms with Crippen molar-refractivity contribution in [3.05, 3.63) is 87.2 Å². The Hall–Kier alpha value is -4.06. The Morgan fingerprint density at radius 1 is 1.08 bits per heavy atom. The monoisotopic (exact) mass is 532 g/mol. The molecule has 5 rings (SSSR count). The van der Waals surface area contributed by atoms with Gasteiger partial charge in [0.15, 0.2) is 0 Å². The van der Waals surface area contributed by atoms with Crippen LogP contribution in [-0.2, 0) is 0 Å². The molecule has 1 unspecified atom stereocenters. The van der Waals surface area contributed by atoms with Crippen LogP contribution in [0.1, 0.15) is 53.1 Å². The van der Waals surface area contributed by atoms with E-state index >= 15 is 0 Å². The maximum Gasteiger partial charge on any atom is 0.261 e. The highest BCUT2D eigenvalue weighted by molar-refractivity contribution is 6.31. The summed E-state index contributed by atoms with van der Waals surface area (Å²) in [6.45, 7) is 4.06. The number of carbonyl (C=O) groups excluding carboxylic acids is 1. The minimum atomic E-state index is -0.554. The number of methoxy groups -OCH3 is 1. The first-order chi connectivity index (χ1) is 17.7. The van der Waals surface area contributed by atoms with E-state index in [1.165, 1.54) is 7.11 Å². The molecular weight excluding hydrogens is 511 g/mol. The molecule has 2 aromatic carbocycles. The number of nitrogen functional groups attached to an aromatic ring is 1. The van der Waals surface area contributed by atoms with Crippen LogP contribution in [0.4, 0.5) is 11.6 Å². The summed E-state index contributed by atoms with van der Waals surface area (Å²) >= 11 is 12.5. The minimum Gasteiger partial charge on any atom is -0.480 e. The third-order valence-electron chi connectivity index (χ3n) is 6.33. The standard InChI is InChI=1S/C27H22Cl2N6O2/c1-14(2)34-22(20-13-32-27(31)33-25(20)37-3)11-19-24(34)23(15-4-7-17(28)8-5-15)35(26(19)36)21-10-18(29)9-6-16(21)12-30/h4-11,13-14,23H,1-3H3,(H2,31,32,33). The second-order valence-corrected chi connectivity index (χ2v) is 9.72. The average molecular weight is 533 g/mol. The molecule has 1 aliphatic heterocycles. The number of rotatable bonds is 5. The number of hydrogen-bond donors (Lipinski definition) is 1. The number of hydrogen-bond acceptors (Lipinski definition) is 6. The van der Waals surface area contributed by atoms with Crippen molar-refractivity contribution in [2.45, 2.75) is 25.9 Å². The number of amides is 1. The van der Waals surface area contributed by atoms with Crippen LogP contribution < -0.4 is 15.4 Å². The Balaban J connectivity index is 1.81. The molecule has 10 heteroatoms. The van der Waals surface area contributed by atoms with Crippen LogP contribution in [0.25, 0.3) is 11.3 Å². The first-order valence-corrected chi connectivity index (χ1v) is 12.2. The number of nitriles is 1. The van der Waals surface area contributed by atoms with Gasteiger partial charge in [-0.3, -0.25) is 9.69 Å². The molecule has 0 spiro atoms. The maximum absolute atomic E-state index is 14.1. The molecule has 37 heavy (non-hydrogen) atoms. The van der Waals surface area contributed by atoms with Gasteiger partial charge in [0.05, 0.1) is 40.9 Å². The zero-order valence-corrected chi connectivity index (χ0v) is 21.7. The van der Waals surface area contributed by atoms with Crippen molar-refractivity contribution < 1.29 is 9.53 Å². The molecule has 1 atom stereocenters. The molecule has 4 aromatic rings. The number of nitrogens with two attached hydrogens (primary N) is 1. The fourth-order valence-electron chi connectivity index (χ4n) is 4.83. The average Bonchev–Trinajstić information content (AvgIpc) is 3.39. The van der Waals surface area contributed by atoms with Crippen LogP contribution in [0.15, 0.2) is 54.7 Å². The molecule has 0 bridgehead atoms. The molecule has 0 saturated carbocycles. The Labute approximate surface area is 223 Å². The predicted octanol–water partition coefficient (Wildman–Crippen LogP) is 6.05. The predicted molar refractivity (Wildman–Crippen MR) is 143 cm³/mol. The number of carbonyl (C=O) groups is 1. The van der Waals surface area contributed by atoms with Crippen molar-refractivity contribution in [2.24, 2.45) is 0 Å². The van der Waals surface area contributed by atoms with Crippen LogP contribution in [0.3, 0.4) is 0 Å². The minimum absolute atomic E-state index is 0.0571. The lowest BCUT2D eigenvalue weighted by molar-refractivity contribution is 0.0993. The maximum atomic E-state index is 14.1. The van der Waals surface area contributed by atoms with E-state index in [9.17, 15) is 10.1 Å². The number of fused-ring (bicyclic) bond motifs is 1. The highest BCUT2D eigenvalue weighted by Crippen LogP contribution is 2.48. The van der Waals surface area contributed by atoms with E-state index in [2.05, 4.69) is 20.6 Å². The van der Waals surface area contributed by atoms with Crippen molar-refractivity contribution in [1.29, 1.82) is 5.26 Å². The summed E-state index contributed by atoms with van der Waals surface area (Å²) in [5.41, 5.74) is 9.97. The van der Waals surface area contributed by atoms with E-state index in [0.29, 0.717) is 38.3 Å². The number of halogens is 2. The lowest BCUT2D eigenvalue weighted by Gasteiger charge is -2.29. The van der Waals surface area contributed by atoms with E-state index in [4.69, 9.17) is 33.7 Å². The Kier molecular flexibility index (Phi) is 6.28. The summed E-state index contributed by atoms with van der Waals surface area (Å²) in [6.07, 6.45) is 1.59. The molecule has 1 aliphatic rings. The SMILES string of the molecule is COc1nc(N)ncc1-c1cc2c(n1C(C)C)C(c1ccc(Cl)cc1)N(c1cc(Cl)ccc1C#N)C2=O. The second-order valence-electron chi connectivity index (χ2n) is 8.85. The molecule has 8 nitrogen and oxygen atoms in total. The number of ether oxygens (including phenoxy) is 1. The number of aromatic nitrogens is 3. The van der Waals surface area contributed by atoms with E-state index in [1.807, 2.05) is 32.0 Å². The van der Waals surface area contributed by atoms with E-state index in [0.717, 1.165) is 17.0 Å². The van der Waals surface area contributed by atoms with E-state index in [1.54, 1.807) is 41.4 Å². The summed E-state index contributed by atoms with van der Waals surface area (Å²) in [5.74, 6) is 0.131. The van der Waals surface area contributed by atoms with Crippen molar-refractivity contribution in [1.82, 2.24) is 14.5 Å². The van der Waals surface area contributed by atoms with Gasteiger partial charge in [0, 0.05) is 22.3 Å². The van der Waals surface area contributed by atoms with Gasteiger partial charge in [-0.05, 0) is 55.8 Å². The van der Waals surface area contributed by atoms with Gasteiger partial charge < -0.3 is 15.0 Å². The molecule has 0 fully saturated rings. The normalized spacial score (nSPS) is 14.7. The van der Waals surface area contributed by atoms with Gasteiger partial charge in [-0.15, -0.1) is 0 Å². The first kappa shape index (κ1) is 24.6. The Morgan fingerprint density at radius 3 is 2.43 bits per heavy atom. The number of benzene rings is 2. The summed E-state index contributed by atoms with van der Waals surface area (Å²) in [4.78, 5) is 24.1. The van der Waals surface area contributed by atoms with Crippen LogP contribution in [0, 0.1) is 11.3 Å². The zero-order valence-electron chi connectivity index (χ0n) is 20.2. The topological polar surface area (TPSA) is 110 Å². The molecule has 2 N–H and O–H groups in total. The highest BCUT2D eigenvalue weighted by atomic mass is 35.5. The quantitative estimate of drug-likeness (QED) is 0.335. The van der Waals surface area contributed by atoms with Gasteiger partial charge in [0.25, 0.3) is 5.91 Å². The summed E-state index contributed by atoms with van der Waals surface area (Å²) < 4.78 is 7.57. The zero-order chi connectivity index (χ0) is 26.4. The first-order valence-electron chi connectivity index (χ1n) is 11.5. The molecular formula is C27H22Cl2N6O2. The van der Waals surface area contributed by atoms with Gasteiger partial charge in [0.1, 0.15) is 12.1 Å². The van der Waals surface area contributed by atoms with Gasteiger partial charge >= 0.3 is 0 Å². The summed E-state index contributed by atoms with van der Waals surface area (Å²) in [7, 11) is 1.51. The Morgan fingerprint density at radius 2 is 1.78 bits per heavy atom. The van der Waals surface area contributed by atoms with Gasteiger partial charge in [-0.25, -0.2) is 4.98 Å². The molecule has 0 aliphatic carbocycles. The molecule has 186 valence electrons. The molecule has 2 aromatic heterocycles. The fraction of sp³-hybridized carbons (Fsp3) is 0.185. The van der Waals surface area contributed by atoms with E-state index in [-0.39, 0.29) is 17.9 Å². The van der Waals surface area contributed by atoms with Crippen LogP contribution in [-0.4, -0.2) is 27.6 Å². The van der Waals surface area contributed by atoms with Gasteiger partial charge in [-0.2, -0.15) is 10.2 Å². The summed E-state index contributed by atoms with van der Waals surface area (Å²) in [5, 5.41) is 10.8. The van der Waals surface area contributed by atoms with Crippen LogP contribution in [0.2, 0.25) is 10.0 Å². The largest absolute Gasteiger partial charge is 0.480 e. The van der Waals surface area contributed by atoms with Crippen molar-refractivity contribution in [2.75, 3.05) is 17.7 Å². The third-order valence-corrected chi connectivity index (χ3v) is 6.81. The van der Waals surface area contributed by atoms with Crippen molar-refractivity contribution in [3.8, 4) is 23.2 Å². The lowest BCUT2D eigenvalue weighted by Crippen LogP contribution is -2.30. The molecule has 1 amide bonds. The number of anilines is 2. The van der Waals surface area contributed by atoms with Crippen LogP contribution >= 0.6 is 23.2 Å². The van der Waals surface area contributed by atoms with Crippen molar-refractivity contribution in [3.63, 3.8) is 0 Å². The Bertz CT molecular complexity index is 1570. The van der Waals surface area contributed by atoms with Crippen LogP contribution in [0.5, 0.6) is 5.88 Å². The van der Waals surface area contributed by atoms with Crippen molar-refractivity contribution >= 4 is 40.7 Å². The second kappa shape index (κ2) is 9.43. The fourth-order valence-corrected chi connectivity index (χ4v) is 5.13. The molecule has 3 heterocycles. The molecule has 0 saturated heterocycles. The van der Waals surface area contributed by atoms with Gasteiger partial charge in [0.2, 0.25) is 11.8 Å². The molecule has 0 radical (unpaired) electrons. The summed E-state index contributed by atoms with van der Waals surface area (Å²) in [6, 6.07) is 15.6. The third kappa shape index (κ3) is 4.06. The lowest BCUT2D eigenvalue weighted by atomic mass is 10.0. The highest BCUT2D eigenvalue weighted by Gasteiger charge is 2.44.